The summed E-state index contributed by atoms with van der Waals surface area (Å²) in [6, 6.07) is 1.96. The molecule has 0 saturated carbocycles. The molecular formula is C13H21N3O2. The maximum atomic E-state index is 12.0. The predicted octanol–water partition coefficient (Wildman–Crippen LogP) is 0.848. The minimum atomic E-state index is 0.188. The molecule has 1 amide bonds. The van der Waals surface area contributed by atoms with Gasteiger partial charge in [0.25, 0.3) is 0 Å². The molecule has 0 N–H and O–H groups in total. The highest BCUT2D eigenvalue weighted by Gasteiger charge is 2.19. The smallest absolute Gasteiger partial charge is 0.222 e. The fraction of sp³-hybridized carbons (Fsp3) is 0.692. The SMILES string of the molecule is CN(C[C@H]1CCOC1)C(=O)CCc1ccn(C)n1. The molecule has 2 heterocycles. The fourth-order valence-corrected chi connectivity index (χ4v) is 2.24. The Morgan fingerprint density at radius 1 is 1.67 bits per heavy atom. The zero-order valence-corrected chi connectivity index (χ0v) is 11.1. The van der Waals surface area contributed by atoms with Crippen LogP contribution >= 0.6 is 0 Å². The van der Waals surface area contributed by atoms with Crippen molar-refractivity contribution in [3.05, 3.63) is 18.0 Å². The van der Waals surface area contributed by atoms with Gasteiger partial charge in [-0.15, -0.1) is 0 Å². The van der Waals surface area contributed by atoms with E-state index in [1.54, 1.807) is 4.68 Å². The Balaban J connectivity index is 1.73. The lowest BCUT2D eigenvalue weighted by Gasteiger charge is -2.20. The third-order valence-corrected chi connectivity index (χ3v) is 3.35. The van der Waals surface area contributed by atoms with E-state index in [-0.39, 0.29) is 5.91 Å². The fourth-order valence-electron chi connectivity index (χ4n) is 2.24. The van der Waals surface area contributed by atoms with Gasteiger partial charge in [0.15, 0.2) is 0 Å². The van der Waals surface area contributed by atoms with Crippen LogP contribution < -0.4 is 0 Å². The summed E-state index contributed by atoms with van der Waals surface area (Å²) in [6.45, 7) is 2.43. The first-order valence-electron chi connectivity index (χ1n) is 6.45. The highest BCUT2D eigenvalue weighted by Crippen LogP contribution is 2.13. The summed E-state index contributed by atoms with van der Waals surface area (Å²) >= 11 is 0. The van der Waals surface area contributed by atoms with Crippen molar-refractivity contribution < 1.29 is 9.53 Å². The second-order valence-electron chi connectivity index (χ2n) is 4.98. The number of carbonyl (C=O) groups excluding carboxylic acids is 1. The van der Waals surface area contributed by atoms with E-state index >= 15 is 0 Å². The van der Waals surface area contributed by atoms with Crippen LogP contribution in [0.4, 0.5) is 0 Å². The molecule has 0 spiro atoms. The maximum Gasteiger partial charge on any atom is 0.222 e. The third kappa shape index (κ3) is 3.57. The van der Waals surface area contributed by atoms with Gasteiger partial charge in [-0.1, -0.05) is 0 Å². The van der Waals surface area contributed by atoms with Gasteiger partial charge in [-0.2, -0.15) is 5.10 Å². The summed E-state index contributed by atoms with van der Waals surface area (Å²) in [5.74, 6) is 0.696. The van der Waals surface area contributed by atoms with E-state index < -0.39 is 0 Å². The summed E-state index contributed by atoms with van der Waals surface area (Å²) in [5, 5.41) is 4.27. The Labute approximate surface area is 108 Å². The number of nitrogens with zero attached hydrogens (tertiary/aromatic N) is 3. The van der Waals surface area contributed by atoms with Crippen molar-refractivity contribution in [1.82, 2.24) is 14.7 Å². The molecular weight excluding hydrogens is 230 g/mol. The molecule has 2 rings (SSSR count). The van der Waals surface area contributed by atoms with Crippen LogP contribution in [0.1, 0.15) is 18.5 Å². The normalized spacial score (nSPS) is 19.1. The van der Waals surface area contributed by atoms with E-state index in [1.165, 1.54) is 0 Å². The third-order valence-electron chi connectivity index (χ3n) is 3.35. The number of hydrogen-bond donors (Lipinski definition) is 0. The second-order valence-corrected chi connectivity index (χ2v) is 4.98. The van der Waals surface area contributed by atoms with Crippen molar-refractivity contribution >= 4 is 5.91 Å². The number of carbonyl (C=O) groups is 1. The van der Waals surface area contributed by atoms with Crippen molar-refractivity contribution in [1.29, 1.82) is 0 Å². The molecule has 5 nitrogen and oxygen atoms in total. The van der Waals surface area contributed by atoms with Gasteiger partial charge in [0.2, 0.25) is 5.91 Å². The standard InChI is InChI=1S/C13H21N3O2/c1-15(9-11-6-8-18-10-11)13(17)4-3-12-5-7-16(2)14-12/h5,7,11H,3-4,6,8-10H2,1-2H3/t11-/m1/s1. The molecule has 1 saturated heterocycles. The number of aromatic nitrogens is 2. The number of ether oxygens (including phenoxy) is 1. The van der Waals surface area contributed by atoms with Gasteiger partial charge >= 0.3 is 0 Å². The lowest BCUT2D eigenvalue weighted by molar-refractivity contribution is -0.130. The molecule has 0 unspecified atom stereocenters. The van der Waals surface area contributed by atoms with Crippen molar-refractivity contribution in [2.45, 2.75) is 19.3 Å². The van der Waals surface area contributed by atoms with Crippen LogP contribution in [0.2, 0.25) is 0 Å². The summed E-state index contributed by atoms with van der Waals surface area (Å²) in [5.41, 5.74) is 0.975. The van der Waals surface area contributed by atoms with Gasteiger partial charge in [0, 0.05) is 52.2 Å². The van der Waals surface area contributed by atoms with E-state index in [9.17, 15) is 4.79 Å². The molecule has 1 aromatic rings. The molecule has 0 radical (unpaired) electrons. The quantitative estimate of drug-likeness (QED) is 0.779. The molecule has 1 aliphatic heterocycles. The largest absolute Gasteiger partial charge is 0.381 e. The molecule has 0 aromatic carbocycles. The molecule has 1 fully saturated rings. The highest BCUT2D eigenvalue weighted by atomic mass is 16.5. The first kappa shape index (κ1) is 13.1. The Kier molecular flexibility index (Phi) is 4.36. The Morgan fingerprint density at radius 2 is 2.50 bits per heavy atom. The number of rotatable bonds is 5. The van der Waals surface area contributed by atoms with Crippen LogP contribution in [-0.4, -0.2) is 47.4 Å². The van der Waals surface area contributed by atoms with Crippen molar-refractivity contribution in [3.63, 3.8) is 0 Å². The van der Waals surface area contributed by atoms with Crippen LogP contribution in [-0.2, 0) is 23.0 Å². The van der Waals surface area contributed by atoms with Gasteiger partial charge in [-0.05, 0) is 12.5 Å². The summed E-state index contributed by atoms with van der Waals surface area (Å²) < 4.78 is 7.08. The second kappa shape index (κ2) is 6.00. The zero-order chi connectivity index (χ0) is 13.0. The van der Waals surface area contributed by atoms with Gasteiger partial charge in [0.1, 0.15) is 0 Å². The summed E-state index contributed by atoms with van der Waals surface area (Å²) in [6.07, 6.45) is 4.21. The van der Waals surface area contributed by atoms with Crippen LogP contribution in [0.3, 0.4) is 0 Å². The molecule has 1 aromatic heterocycles. The molecule has 18 heavy (non-hydrogen) atoms. The van der Waals surface area contributed by atoms with Gasteiger partial charge < -0.3 is 9.64 Å². The lowest BCUT2D eigenvalue weighted by Crippen LogP contribution is -2.32. The van der Waals surface area contributed by atoms with E-state index in [2.05, 4.69) is 5.10 Å². The molecule has 0 bridgehead atoms. The number of aryl methyl sites for hydroxylation is 2. The van der Waals surface area contributed by atoms with Gasteiger partial charge in [0.05, 0.1) is 12.3 Å². The summed E-state index contributed by atoms with van der Waals surface area (Å²) in [4.78, 5) is 13.8. The predicted molar refractivity (Wildman–Crippen MR) is 68.1 cm³/mol. The van der Waals surface area contributed by atoms with E-state index in [4.69, 9.17) is 4.74 Å². The van der Waals surface area contributed by atoms with Crippen molar-refractivity contribution in [2.75, 3.05) is 26.8 Å². The van der Waals surface area contributed by atoms with Crippen LogP contribution in [0, 0.1) is 5.92 Å². The topological polar surface area (TPSA) is 47.4 Å². The summed E-state index contributed by atoms with van der Waals surface area (Å²) in [7, 11) is 3.76. The lowest BCUT2D eigenvalue weighted by atomic mass is 10.1. The van der Waals surface area contributed by atoms with Crippen LogP contribution in [0.5, 0.6) is 0 Å². The Bertz CT molecular complexity index is 397. The number of amides is 1. The first-order chi connectivity index (χ1) is 8.65. The maximum absolute atomic E-state index is 12.0. The zero-order valence-electron chi connectivity index (χ0n) is 11.1. The molecule has 5 heteroatoms. The molecule has 1 atom stereocenters. The number of hydrogen-bond acceptors (Lipinski definition) is 3. The highest BCUT2D eigenvalue weighted by molar-refractivity contribution is 5.76. The Morgan fingerprint density at radius 3 is 3.11 bits per heavy atom. The van der Waals surface area contributed by atoms with E-state index in [0.717, 1.165) is 31.9 Å². The van der Waals surface area contributed by atoms with Crippen LogP contribution in [0.15, 0.2) is 12.3 Å². The minimum Gasteiger partial charge on any atom is -0.381 e. The molecule has 1 aliphatic rings. The monoisotopic (exact) mass is 251 g/mol. The first-order valence-corrected chi connectivity index (χ1v) is 6.45. The van der Waals surface area contributed by atoms with Crippen molar-refractivity contribution in [2.24, 2.45) is 13.0 Å². The minimum absolute atomic E-state index is 0.188. The van der Waals surface area contributed by atoms with E-state index in [0.29, 0.717) is 18.8 Å². The average Bonchev–Trinajstić information content (AvgIpc) is 2.97. The molecule has 100 valence electrons. The molecule has 0 aliphatic carbocycles. The van der Waals surface area contributed by atoms with E-state index in [1.807, 2.05) is 31.3 Å². The Hall–Kier alpha value is -1.36. The average molecular weight is 251 g/mol. The van der Waals surface area contributed by atoms with Crippen molar-refractivity contribution in [3.8, 4) is 0 Å². The van der Waals surface area contributed by atoms with Crippen LogP contribution in [0.25, 0.3) is 0 Å². The van der Waals surface area contributed by atoms with Gasteiger partial charge in [-0.3, -0.25) is 9.48 Å². The van der Waals surface area contributed by atoms with Gasteiger partial charge in [-0.25, -0.2) is 0 Å².